The van der Waals surface area contributed by atoms with E-state index in [-0.39, 0.29) is 23.8 Å². The van der Waals surface area contributed by atoms with Crippen molar-refractivity contribution in [3.63, 3.8) is 0 Å². The molecule has 1 spiro atoms. The Morgan fingerprint density at radius 1 is 1.06 bits per heavy atom. The number of likely N-dealkylation sites (N-methyl/N-ethyl adjacent to an activating group) is 1. The first kappa shape index (κ1) is 38.9. The maximum absolute atomic E-state index is 14.4. The van der Waals surface area contributed by atoms with Crippen LogP contribution in [0.2, 0.25) is 5.02 Å². The van der Waals surface area contributed by atoms with Gasteiger partial charge in [-0.2, -0.15) is 13.2 Å². The fourth-order valence-electron chi connectivity index (χ4n) is 6.28. The van der Waals surface area contributed by atoms with E-state index in [1.165, 1.54) is 0 Å². The number of H-pyrrole nitrogens is 1. The van der Waals surface area contributed by atoms with Gasteiger partial charge in [-0.3, -0.25) is 9.59 Å². The molecule has 1 saturated carbocycles. The molecule has 0 bridgehead atoms. The molecule has 1 aliphatic heterocycles. The molecule has 2 aliphatic rings. The van der Waals surface area contributed by atoms with Crippen molar-refractivity contribution in [1.29, 1.82) is 0 Å². The highest BCUT2D eigenvalue weighted by molar-refractivity contribution is 7.99. The zero-order valence-electron chi connectivity index (χ0n) is 27.9. The van der Waals surface area contributed by atoms with Crippen LogP contribution in [0.15, 0.2) is 60.3 Å². The van der Waals surface area contributed by atoms with Crippen LogP contribution in [0.25, 0.3) is 15.8 Å². The van der Waals surface area contributed by atoms with E-state index in [0.29, 0.717) is 35.5 Å². The Bertz CT molecular complexity index is 1860. The van der Waals surface area contributed by atoms with Crippen LogP contribution < -0.4 is 15.8 Å². The minimum atomic E-state index is -5.08. The van der Waals surface area contributed by atoms with Crippen molar-refractivity contribution in [2.75, 3.05) is 13.1 Å². The molecule has 11 nitrogen and oxygen atoms in total. The second-order valence-corrected chi connectivity index (χ2v) is 15.1. The molecule has 2 aromatic carbocycles. The SMILES string of the molecule is CCN(CC1=C(c2ccc(Cl)cc2)S(=O)(=O)NC12CCCCC2)C(=O)[C@@H](Cc1c[nH]c2ccccc12)NC(=O)C(C)(C)N.O=C(O)C(F)(F)F. The number of alkyl halides is 3. The van der Waals surface area contributed by atoms with Crippen molar-refractivity contribution in [3.05, 3.63) is 76.5 Å². The molecule has 2 heterocycles. The predicted octanol–water partition coefficient (Wildman–Crippen LogP) is 5.11. The van der Waals surface area contributed by atoms with Crippen LogP contribution in [-0.4, -0.2) is 77.6 Å². The standard InChI is InChI=1S/C32H40ClN5O4S.C2HF3O2/c1-4-38(29(39)27(36-30(40)31(2,3)34)18-22-19-35-26-11-7-6-10-24(22)26)20-25-28(21-12-14-23(33)15-13-21)43(41,42)37-32(25)16-8-5-9-17-32;3-2(4,5)1(6)7/h6-7,10-15,19,27,35,37H,4-5,8-9,16-18,20,34H2,1-3H3,(H,36,40);(H,6,7)/t27-;/m1./s1. The Kier molecular flexibility index (Phi) is 11.8. The number of hydrogen-bond donors (Lipinski definition) is 5. The number of aromatic amines is 1. The van der Waals surface area contributed by atoms with Crippen molar-refractivity contribution in [2.24, 2.45) is 5.73 Å². The minimum absolute atomic E-state index is 0.103. The van der Waals surface area contributed by atoms with Gasteiger partial charge in [-0.15, -0.1) is 0 Å². The van der Waals surface area contributed by atoms with Gasteiger partial charge >= 0.3 is 12.1 Å². The van der Waals surface area contributed by atoms with Crippen LogP contribution in [0.3, 0.4) is 0 Å². The normalized spacial score (nSPS) is 17.6. The monoisotopic (exact) mass is 739 g/mol. The van der Waals surface area contributed by atoms with Gasteiger partial charge < -0.3 is 26.0 Å². The van der Waals surface area contributed by atoms with Gasteiger partial charge in [0.25, 0.3) is 0 Å². The summed E-state index contributed by atoms with van der Waals surface area (Å²) in [4.78, 5) is 41.4. The molecule has 1 aliphatic carbocycles. The van der Waals surface area contributed by atoms with E-state index in [2.05, 4.69) is 15.0 Å². The van der Waals surface area contributed by atoms with Crippen molar-refractivity contribution < 1.29 is 41.1 Å². The maximum Gasteiger partial charge on any atom is 0.490 e. The summed E-state index contributed by atoms with van der Waals surface area (Å²) < 4.78 is 62.2. The molecule has 5 rings (SSSR count). The summed E-state index contributed by atoms with van der Waals surface area (Å²) in [5, 5.41) is 11.5. The zero-order chi connectivity index (χ0) is 37.1. The number of aliphatic carboxylic acids is 1. The molecule has 272 valence electrons. The van der Waals surface area contributed by atoms with E-state index in [9.17, 15) is 31.2 Å². The average molecular weight is 740 g/mol. The van der Waals surface area contributed by atoms with Gasteiger partial charge in [-0.05, 0) is 68.5 Å². The van der Waals surface area contributed by atoms with Crippen molar-refractivity contribution in [3.8, 4) is 0 Å². The fraction of sp³-hybridized carbons (Fsp3) is 0.441. The Morgan fingerprint density at radius 3 is 2.22 bits per heavy atom. The molecule has 1 atom stereocenters. The Labute approximate surface area is 293 Å². The third-order valence-corrected chi connectivity index (χ3v) is 10.8. The first-order chi connectivity index (χ1) is 23.3. The second-order valence-electron chi connectivity index (χ2n) is 13.0. The Balaban J connectivity index is 0.000000727. The molecule has 6 N–H and O–H groups in total. The molecule has 0 unspecified atom stereocenters. The van der Waals surface area contributed by atoms with Crippen molar-refractivity contribution in [1.82, 2.24) is 19.9 Å². The van der Waals surface area contributed by atoms with Crippen molar-refractivity contribution >= 4 is 55.2 Å². The van der Waals surface area contributed by atoms with E-state index in [1.807, 2.05) is 37.4 Å². The zero-order valence-corrected chi connectivity index (χ0v) is 29.4. The highest BCUT2D eigenvalue weighted by atomic mass is 35.5. The third-order valence-electron chi connectivity index (χ3n) is 8.84. The Morgan fingerprint density at radius 2 is 1.66 bits per heavy atom. The van der Waals surface area contributed by atoms with Crippen LogP contribution in [0.4, 0.5) is 13.2 Å². The van der Waals surface area contributed by atoms with Gasteiger partial charge in [0.05, 0.1) is 16.0 Å². The highest BCUT2D eigenvalue weighted by Gasteiger charge is 2.50. The number of benzene rings is 2. The summed E-state index contributed by atoms with van der Waals surface area (Å²) >= 11 is 6.14. The van der Waals surface area contributed by atoms with Gasteiger partial charge in [-0.25, -0.2) is 17.9 Å². The molecule has 1 aromatic heterocycles. The van der Waals surface area contributed by atoms with E-state index < -0.39 is 45.2 Å². The number of rotatable bonds is 9. The van der Waals surface area contributed by atoms with Crippen LogP contribution in [-0.2, 0) is 30.8 Å². The summed E-state index contributed by atoms with van der Waals surface area (Å²) in [5.74, 6) is -3.51. The summed E-state index contributed by atoms with van der Waals surface area (Å²) in [6, 6.07) is 13.6. The second kappa shape index (κ2) is 15.1. The van der Waals surface area contributed by atoms with Crippen LogP contribution in [0.1, 0.15) is 64.0 Å². The molecular formula is C34H41ClF3N5O6S. The smallest absolute Gasteiger partial charge is 0.475 e. The van der Waals surface area contributed by atoms with E-state index in [4.69, 9.17) is 27.2 Å². The van der Waals surface area contributed by atoms with Gasteiger partial charge in [-0.1, -0.05) is 61.2 Å². The number of aromatic nitrogens is 1. The first-order valence-corrected chi connectivity index (χ1v) is 17.9. The van der Waals surface area contributed by atoms with Gasteiger partial charge in [0.1, 0.15) is 6.04 Å². The molecule has 1 fully saturated rings. The molecule has 50 heavy (non-hydrogen) atoms. The predicted molar refractivity (Wildman–Crippen MR) is 184 cm³/mol. The molecule has 16 heteroatoms. The molecule has 3 aromatic rings. The lowest BCUT2D eigenvalue weighted by Gasteiger charge is -2.38. The van der Waals surface area contributed by atoms with Crippen LogP contribution in [0.5, 0.6) is 0 Å². The fourth-order valence-corrected chi connectivity index (χ4v) is 8.38. The number of halogens is 4. The van der Waals surface area contributed by atoms with Gasteiger partial charge in [0.15, 0.2) is 0 Å². The molecule has 0 saturated heterocycles. The number of sulfonamides is 1. The lowest BCUT2D eigenvalue weighted by Crippen LogP contribution is -2.57. The summed E-state index contributed by atoms with van der Waals surface area (Å²) in [6.45, 7) is 5.48. The number of nitrogens with zero attached hydrogens (tertiary/aromatic N) is 1. The van der Waals surface area contributed by atoms with Gasteiger partial charge in [0, 0.05) is 41.6 Å². The van der Waals surface area contributed by atoms with E-state index in [1.54, 1.807) is 43.0 Å². The number of carbonyl (C=O) groups is 3. The lowest BCUT2D eigenvalue weighted by molar-refractivity contribution is -0.192. The topological polar surface area (TPSA) is 175 Å². The number of nitrogens with two attached hydrogens (primary N) is 1. The highest BCUT2D eigenvalue weighted by Crippen LogP contribution is 2.46. The third kappa shape index (κ3) is 8.86. The van der Waals surface area contributed by atoms with Crippen LogP contribution in [0, 0.1) is 0 Å². The summed E-state index contributed by atoms with van der Waals surface area (Å²) in [5.41, 5.74) is 7.18. The molecule has 0 radical (unpaired) electrons. The van der Waals surface area contributed by atoms with E-state index >= 15 is 0 Å². The lowest BCUT2D eigenvalue weighted by atomic mass is 9.76. The maximum atomic E-state index is 14.4. The number of fused-ring (bicyclic) bond motifs is 1. The number of para-hydroxylation sites is 1. The number of hydrogen-bond acceptors (Lipinski definition) is 6. The summed E-state index contributed by atoms with van der Waals surface area (Å²) in [7, 11) is -3.86. The number of amides is 2. The number of nitrogens with one attached hydrogen (secondary N) is 3. The Hall–Kier alpha value is -3.92. The summed E-state index contributed by atoms with van der Waals surface area (Å²) in [6.07, 6.45) is 1.10. The minimum Gasteiger partial charge on any atom is -0.475 e. The van der Waals surface area contributed by atoms with E-state index in [0.717, 1.165) is 35.7 Å². The molecule has 2 amide bonds. The number of carboxylic acids is 1. The largest absolute Gasteiger partial charge is 0.490 e. The molecular weight excluding hydrogens is 699 g/mol. The average Bonchev–Trinajstić information content (AvgIpc) is 3.53. The number of carboxylic acid groups (broad SMARTS) is 1. The van der Waals surface area contributed by atoms with Gasteiger partial charge in [0.2, 0.25) is 21.8 Å². The quantitative estimate of drug-likeness (QED) is 0.203. The van der Waals surface area contributed by atoms with Crippen molar-refractivity contribution in [2.45, 2.75) is 82.6 Å². The first-order valence-electron chi connectivity index (χ1n) is 16.1. The van der Waals surface area contributed by atoms with Crippen LogP contribution >= 0.6 is 11.6 Å². The number of carbonyl (C=O) groups excluding carboxylic acids is 2.